The molecule has 0 aliphatic carbocycles. The van der Waals surface area contributed by atoms with Crippen LogP contribution >= 0.6 is 0 Å². The molecule has 3 amide bonds. The van der Waals surface area contributed by atoms with Crippen molar-refractivity contribution in [3.8, 4) is 0 Å². The average molecular weight is 301 g/mol. The summed E-state index contributed by atoms with van der Waals surface area (Å²) in [6.45, 7) is 4.66. The molecule has 1 heterocycles. The summed E-state index contributed by atoms with van der Waals surface area (Å²) >= 11 is 0. The Morgan fingerprint density at radius 1 is 1.29 bits per heavy atom. The molecule has 1 rings (SSSR count). The Bertz CT molecular complexity index is 401. The van der Waals surface area contributed by atoms with Crippen molar-refractivity contribution in [2.24, 2.45) is 5.92 Å². The van der Waals surface area contributed by atoms with E-state index >= 15 is 0 Å². The van der Waals surface area contributed by atoms with E-state index in [1.165, 1.54) is 16.8 Å². The van der Waals surface area contributed by atoms with Gasteiger partial charge >= 0.3 is 12.0 Å². The second kappa shape index (κ2) is 7.82. The molecule has 0 saturated carbocycles. The van der Waals surface area contributed by atoms with Gasteiger partial charge in [0, 0.05) is 20.1 Å². The summed E-state index contributed by atoms with van der Waals surface area (Å²) < 4.78 is 5.19. The Morgan fingerprint density at radius 3 is 2.48 bits per heavy atom. The fraction of sp³-hybridized carbons (Fsp3) is 0.769. The summed E-state index contributed by atoms with van der Waals surface area (Å²) in [6.07, 6.45) is 0. The molecule has 8 heteroatoms. The summed E-state index contributed by atoms with van der Waals surface area (Å²) in [5.41, 5.74) is 0. The van der Waals surface area contributed by atoms with Crippen molar-refractivity contribution in [3.05, 3.63) is 0 Å². The minimum absolute atomic E-state index is 0.0610. The molecular formula is C13H23N3O5. The highest BCUT2D eigenvalue weighted by atomic mass is 16.5. The van der Waals surface area contributed by atoms with Gasteiger partial charge in [-0.1, -0.05) is 0 Å². The van der Waals surface area contributed by atoms with E-state index in [2.05, 4.69) is 5.32 Å². The van der Waals surface area contributed by atoms with Crippen LogP contribution in [0, 0.1) is 5.92 Å². The number of carbonyl (C=O) groups excluding carboxylic acids is 2. The van der Waals surface area contributed by atoms with E-state index in [9.17, 15) is 14.4 Å². The molecule has 0 bridgehead atoms. The Kier molecular flexibility index (Phi) is 6.41. The molecule has 8 nitrogen and oxygen atoms in total. The molecule has 0 radical (unpaired) electrons. The second-order valence-corrected chi connectivity index (χ2v) is 4.93. The minimum Gasteiger partial charge on any atom is -0.481 e. The number of amides is 3. The number of carboxylic acids is 1. The molecule has 0 aromatic heterocycles. The lowest BCUT2D eigenvalue weighted by molar-refractivity contribution is -0.143. The first-order valence-corrected chi connectivity index (χ1v) is 7.01. The number of hydrogen-bond donors (Lipinski definition) is 2. The highest BCUT2D eigenvalue weighted by molar-refractivity contribution is 5.84. The number of nitrogens with one attached hydrogen (secondary N) is 1. The first-order chi connectivity index (χ1) is 9.92. The molecule has 0 aromatic carbocycles. The van der Waals surface area contributed by atoms with Gasteiger partial charge in [0.2, 0.25) is 5.91 Å². The Labute approximate surface area is 124 Å². The van der Waals surface area contributed by atoms with E-state index in [1.807, 2.05) is 0 Å². The SMILES string of the molecule is CCNC(=O)CN(C)C(=O)N(CC)C1COCC1C(=O)O. The lowest BCUT2D eigenvalue weighted by atomic mass is 10.0. The smallest absolute Gasteiger partial charge is 0.320 e. The quantitative estimate of drug-likeness (QED) is 0.695. The van der Waals surface area contributed by atoms with Gasteiger partial charge in [-0.05, 0) is 13.8 Å². The van der Waals surface area contributed by atoms with Crippen molar-refractivity contribution >= 4 is 17.9 Å². The van der Waals surface area contributed by atoms with E-state index in [0.29, 0.717) is 13.1 Å². The van der Waals surface area contributed by atoms with Crippen LogP contribution in [0.1, 0.15) is 13.8 Å². The van der Waals surface area contributed by atoms with Gasteiger partial charge in [0.15, 0.2) is 0 Å². The number of rotatable bonds is 6. The van der Waals surface area contributed by atoms with Gasteiger partial charge in [-0.25, -0.2) is 4.79 Å². The van der Waals surface area contributed by atoms with Crippen LogP contribution in [0.5, 0.6) is 0 Å². The Hall–Kier alpha value is -1.83. The molecule has 1 aliphatic rings. The summed E-state index contributed by atoms with van der Waals surface area (Å²) in [6, 6.07) is -0.873. The number of likely N-dealkylation sites (N-methyl/N-ethyl adjacent to an activating group) is 3. The maximum atomic E-state index is 12.4. The summed E-state index contributed by atoms with van der Waals surface area (Å²) in [5, 5.41) is 11.8. The lowest BCUT2D eigenvalue weighted by Crippen LogP contribution is -2.52. The second-order valence-electron chi connectivity index (χ2n) is 4.93. The van der Waals surface area contributed by atoms with Crippen LogP contribution in [0.15, 0.2) is 0 Å². The first-order valence-electron chi connectivity index (χ1n) is 7.01. The summed E-state index contributed by atoms with van der Waals surface area (Å²) in [4.78, 5) is 37.8. The van der Waals surface area contributed by atoms with Gasteiger partial charge in [0.1, 0.15) is 12.5 Å². The third-order valence-corrected chi connectivity index (χ3v) is 3.44. The predicted molar refractivity (Wildman–Crippen MR) is 74.8 cm³/mol. The van der Waals surface area contributed by atoms with Crippen LogP contribution in [0.4, 0.5) is 4.79 Å². The third-order valence-electron chi connectivity index (χ3n) is 3.44. The monoisotopic (exact) mass is 301 g/mol. The highest BCUT2D eigenvalue weighted by Gasteiger charge is 2.40. The van der Waals surface area contributed by atoms with Gasteiger partial charge in [-0.2, -0.15) is 0 Å². The highest BCUT2D eigenvalue weighted by Crippen LogP contribution is 2.21. The third kappa shape index (κ3) is 4.32. The van der Waals surface area contributed by atoms with E-state index in [1.54, 1.807) is 13.8 Å². The molecular weight excluding hydrogens is 278 g/mol. The van der Waals surface area contributed by atoms with Crippen LogP contribution in [-0.4, -0.2) is 78.8 Å². The fourth-order valence-electron chi connectivity index (χ4n) is 2.35. The largest absolute Gasteiger partial charge is 0.481 e. The van der Waals surface area contributed by atoms with Gasteiger partial charge in [-0.15, -0.1) is 0 Å². The van der Waals surface area contributed by atoms with Crippen LogP contribution in [-0.2, 0) is 14.3 Å². The van der Waals surface area contributed by atoms with Crippen molar-refractivity contribution in [2.75, 3.05) is 39.9 Å². The van der Waals surface area contributed by atoms with E-state index in [-0.39, 0.29) is 31.7 Å². The van der Waals surface area contributed by atoms with Crippen molar-refractivity contribution in [3.63, 3.8) is 0 Å². The Balaban J connectivity index is 2.72. The van der Waals surface area contributed by atoms with E-state index in [4.69, 9.17) is 9.84 Å². The fourth-order valence-corrected chi connectivity index (χ4v) is 2.35. The van der Waals surface area contributed by atoms with Gasteiger partial charge in [0.25, 0.3) is 0 Å². The number of urea groups is 1. The molecule has 21 heavy (non-hydrogen) atoms. The van der Waals surface area contributed by atoms with E-state index in [0.717, 1.165) is 0 Å². The number of aliphatic carboxylic acids is 1. The molecule has 2 N–H and O–H groups in total. The van der Waals surface area contributed by atoms with Crippen molar-refractivity contribution in [1.82, 2.24) is 15.1 Å². The topological polar surface area (TPSA) is 99.2 Å². The zero-order chi connectivity index (χ0) is 16.0. The van der Waals surface area contributed by atoms with Gasteiger partial charge < -0.3 is 25.0 Å². The maximum Gasteiger partial charge on any atom is 0.320 e. The van der Waals surface area contributed by atoms with Crippen LogP contribution in [0.3, 0.4) is 0 Å². The zero-order valence-electron chi connectivity index (χ0n) is 12.7. The molecule has 1 aliphatic heterocycles. The van der Waals surface area contributed by atoms with Gasteiger partial charge in [0.05, 0.1) is 19.3 Å². The summed E-state index contributed by atoms with van der Waals surface area (Å²) in [5.74, 6) is -1.95. The lowest BCUT2D eigenvalue weighted by Gasteiger charge is -2.32. The van der Waals surface area contributed by atoms with Gasteiger partial charge in [-0.3, -0.25) is 9.59 Å². The normalized spacial score (nSPS) is 20.9. The number of carbonyl (C=O) groups is 3. The predicted octanol–water partition coefficient (Wildman–Crippen LogP) is -0.404. The van der Waals surface area contributed by atoms with Crippen LogP contribution in [0.25, 0.3) is 0 Å². The van der Waals surface area contributed by atoms with Crippen molar-refractivity contribution in [2.45, 2.75) is 19.9 Å². The average Bonchev–Trinajstić information content (AvgIpc) is 2.89. The molecule has 0 spiro atoms. The summed E-state index contributed by atoms with van der Waals surface area (Å²) in [7, 11) is 1.52. The van der Waals surface area contributed by atoms with Crippen molar-refractivity contribution in [1.29, 1.82) is 0 Å². The number of carboxylic acid groups (broad SMARTS) is 1. The number of nitrogens with zero attached hydrogens (tertiary/aromatic N) is 2. The molecule has 1 fully saturated rings. The molecule has 2 unspecified atom stereocenters. The van der Waals surface area contributed by atoms with Crippen LogP contribution < -0.4 is 5.32 Å². The zero-order valence-corrected chi connectivity index (χ0v) is 12.7. The molecule has 120 valence electrons. The molecule has 1 saturated heterocycles. The number of ether oxygens (including phenoxy) is 1. The van der Waals surface area contributed by atoms with Crippen molar-refractivity contribution < 1.29 is 24.2 Å². The number of hydrogen-bond acceptors (Lipinski definition) is 4. The van der Waals surface area contributed by atoms with Crippen LogP contribution in [0.2, 0.25) is 0 Å². The maximum absolute atomic E-state index is 12.4. The minimum atomic E-state index is -0.977. The molecule has 0 aromatic rings. The van der Waals surface area contributed by atoms with E-state index < -0.39 is 17.9 Å². The standard InChI is InChI=1S/C13H23N3O5/c1-4-14-11(17)6-15(3)13(20)16(5-2)10-8-21-7-9(10)12(18)19/h9-10H,4-8H2,1-3H3,(H,14,17)(H,18,19). The Morgan fingerprint density at radius 2 is 1.95 bits per heavy atom. The first kappa shape index (κ1) is 17.2. The molecule has 2 atom stereocenters.